The van der Waals surface area contributed by atoms with Gasteiger partial charge in [-0.3, -0.25) is 0 Å². The molecule has 16 heavy (non-hydrogen) atoms. The number of hydrogen-bond acceptors (Lipinski definition) is 0. The van der Waals surface area contributed by atoms with Crippen LogP contribution < -0.4 is 0 Å². The van der Waals surface area contributed by atoms with Crippen LogP contribution in [-0.2, 0) is 0 Å². The lowest BCUT2D eigenvalue weighted by Crippen LogP contribution is -2.09. The van der Waals surface area contributed by atoms with Gasteiger partial charge >= 0.3 is 0 Å². The van der Waals surface area contributed by atoms with E-state index in [2.05, 4.69) is 20.8 Å². The SMILES string of the molecule is CCC(C)(C)CCCC(F)c1ccccc1. The van der Waals surface area contributed by atoms with Gasteiger partial charge in [-0.1, -0.05) is 57.5 Å². The minimum Gasteiger partial charge on any atom is -0.242 e. The molecule has 1 atom stereocenters. The molecule has 1 aromatic carbocycles. The topological polar surface area (TPSA) is 0 Å². The molecule has 0 aliphatic heterocycles. The molecule has 1 heteroatoms. The van der Waals surface area contributed by atoms with Crippen molar-refractivity contribution < 1.29 is 4.39 Å². The summed E-state index contributed by atoms with van der Waals surface area (Å²) in [5, 5.41) is 0. The second kappa shape index (κ2) is 6.03. The fraction of sp³-hybridized carbons (Fsp3) is 0.600. The molecule has 0 radical (unpaired) electrons. The molecule has 0 N–H and O–H groups in total. The van der Waals surface area contributed by atoms with Crippen molar-refractivity contribution in [2.24, 2.45) is 5.41 Å². The molecule has 1 rings (SSSR count). The van der Waals surface area contributed by atoms with E-state index in [-0.39, 0.29) is 0 Å². The number of benzene rings is 1. The number of hydrogen-bond donors (Lipinski definition) is 0. The Morgan fingerprint density at radius 3 is 2.38 bits per heavy atom. The predicted molar refractivity (Wildman–Crippen MR) is 68.2 cm³/mol. The quantitative estimate of drug-likeness (QED) is 0.612. The van der Waals surface area contributed by atoms with Gasteiger partial charge < -0.3 is 0 Å². The van der Waals surface area contributed by atoms with Gasteiger partial charge in [-0.25, -0.2) is 4.39 Å². The van der Waals surface area contributed by atoms with Crippen molar-refractivity contribution in [1.29, 1.82) is 0 Å². The highest BCUT2D eigenvalue weighted by Gasteiger charge is 2.16. The van der Waals surface area contributed by atoms with Crippen LogP contribution in [0.15, 0.2) is 30.3 Å². The van der Waals surface area contributed by atoms with Crippen LogP contribution in [0.25, 0.3) is 0 Å². The third kappa shape index (κ3) is 4.34. The molecule has 0 saturated heterocycles. The van der Waals surface area contributed by atoms with Crippen LogP contribution in [0.1, 0.15) is 58.2 Å². The zero-order chi connectivity index (χ0) is 12.0. The van der Waals surface area contributed by atoms with Crippen LogP contribution in [0.2, 0.25) is 0 Å². The lowest BCUT2D eigenvalue weighted by Gasteiger charge is -2.22. The van der Waals surface area contributed by atoms with Gasteiger partial charge in [0.2, 0.25) is 0 Å². The van der Waals surface area contributed by atoms with Gasteiger partial charge in [0, 0.05) is 0 Å². The van der Waals surface area contributed by atoms with E-state index in [0.29, 0.717) is 11.8 Å². The van der Waals surface area contributed by atoms with Crippen LogP contribution >= 0.6 is 0 Å². The maximum Gasteiger partial charge on any atom is 0.125 e. The maximum absolute atomic E-state index is 13.8. The highest BCUT2D eigenvalue weighted by molar-refractivity contribution is 5.17. The first-order valence-electron chi connectivity index (χ1n) is 6.24. The van der Waals surface area contributed by atoms with E-state index in [1.165, 1.54) is 0 Å². The molecule has 1 aromatic rings. The molecule has 90 valence electrons. The normalized spacial score (nSPS) is 13.8. The third-order valence-corrected chi connectivity index (χ3v) is 3.43. The number of alkyl halides is 1. The summed E-state index contributed by atoms with van der Waals surface area (Å²) >= 11 is 0. The molecule has 0 amide bonds. The fourth-order valence-electron chi connectivity index (χ4n) is 1.77. The first kappa shape index (κ1) is 13.2. The smallest absolute Gasteiger partial charge is 0.125 e. The fourth-order valence-corrected chi connectivity index (χ4v) is 1.77. The van der Waals surface area contributed by atoms with Crippen molar-refractivity contribution in [1.82, 2.24) is 0 Å². The Morgan fingerprint density at radius 1 is 1.19 bits per heavy atom. The molecule has 1 unspecified atom stereocenters. The summed E-state index contributed by atoms with van der Waals surface area (Å²) in [6.45, 7) is 6.70. The van der Waals surface area contributed by atoms with Crippen molar-refractivity contribution >= 4 is 0 Å². The highest BCUT2D eigenvalue weighted by Crippen LogP contribution is 2.30. The van der Waals surface area contributed by atoms with Crippen LogP contribution in [0, 0.1) is 5.41 Å². The second-order valence-corrected chi connectivity index (χ2v) is 5.29. The zero-order valence-electron chi connectivity index (χ0n) is 10.7. The Morgan fingerprint density at radius 2 is 1.81 bits per heavy atom. The Balaban J connectivity index is 2.34. The maximum atomic E-state index is 13.8. The van der Waals surface area contributed by atoms with E-state index in [1.54, 1.807) is 0 Å². The van der Waals surface area contributed by atoms with E-state index in [4.69, 9.17) is 0 Å². The summed E-state index contributed by atoms with van der Waals surface area (Å²) in [6, 6.07) is 9.47. The summed E-state index contributed by atoms with van der Waals surface area (Å²) in [4.78, 5) is 0. The van der Waals surface area contributed by atoms with E-state index < -0.39 is 6.17 Å². The van der Waals surface area contributed by atoms with Gasteiger partial charge in [-0.05, 0) is 30.2 Å². The molecule has 0 bridgehead atoms. The van der Waals surface area contributed by atoms with Crippen LogP contribution in [0.3, 0.4) is 0 Å². The lowest BCUT2D eigenvalue weighted by molar-refractivity contribution is 0.265. The lowest BCUT2D eigenvalue weighted by atomic mass is 9.84. The Labute approximate surface area is 98.9 Å². The highest BCUT2D eigenvalue weighted by atomic mass is 19.1. The predicted octanol–water partition coefficient (Wildman–Crippen LogP) is 5.30. The van der Waals surface area contributed by atoms with E-state index in [0.717, 1.165) is 24.8 Å². The monoisotopic (exact) mass is 222 g/mol. The average Bonchev–Trinajstić information content (AvgIpc) is 2.30. The molecule has 0 fully saturated rings. The van der Waals surface area contributed by atoms with Gasteiger partial charge in [0.15, 0.2) is 0 Å². The van der Waals surface area contributed by atoms with Crippen molar-refractivity contribution in [3.05, 3.63) is 35.9 Å². The number of rotatable bonds is 6. The summed E-state index contributed by atoms with van der Waals surface area (Å²) < 4.78 is 13.8. The van der Waals surface area contributed by atoms with E-state index in [1.807, 2.05) is 30.3 Å². The summed E-state index contributed by atoms with van der Waals surface area (Å²) in [6.07, 6.45) is 3.09. The van der Waals surface area contributed by atoms with Crippen molar-refractivity contribution in [3.63, 3.8) is 0 Å². The van der Waals surface area contributed by atoms with Gasteiger partial charge in [-0.2, -0.15) is 0 Å². The standard InChI is InChI=1S/C15H23F/c1-4-15(2,3)12-8-11-14(16)13-9-6-5-7-10-13/h5-7,9-10,14H,4,8,11-12H2,1-3H3. The van der Waals surface area contributed by atoms with Crippen LogP contribution in [0.4, 0.5) is 4.39 Å². The first-order chi connectivity index (χ1) is 7.55. The van der Waals surface area contributed by atoms with Crippen molar-refractivity contribution in [3.8, 4) is 0 Å². The van der Waals surface area contributed by atoms with Crippen LogP contribution in [-0.4, -0.2) is 0 Å². The summed E-state index contributed by atoms with van der Waals surface area (Å²) in [5.74, 6) is 0. The van der Waals surface area contributed by atoms with Gasteiger partial charge in [0.05, 0.1) is 0 Å². The minimum absolute atomic E-state index is 0.358. The molecule has 0 aliphatic rings. The average molecular weight is 222 g/mol. The van der Waals surface area contributed by atoms with Crippen molar-refractivity contribution in [2.75, 3.05) is 0 Å². The Bertz CT molecular complexity index is 290. The molecule has 0 heterocycles. The van der Waals surface area contributed by atoms with Gasteiger partial charge in [0.25, 0.3) is 0 Å². The summed E-state index contributed by atoms with van der Waals surface area (Å²) in [7, 11) is 0. The molecular formula is C15H23F. The van der Waals surface area contributed by atoms with Crippen molar-refractivity contribution in [2.45, 2.75) is 52.6 Å². The summed E-state index contributed by atoms with van der Waals surface area (Å²) in [5.41, 5.74) is 1.17. The molecular weight excluding hydrogens is 199 g/mol. The van der Waals surface area contributed by atoms with Gasteiger partial charge in [-0.15, -0.1) is 0 Å². The minimum atomic E-state index is -0.797. The molecule has 0 spiro atoms. The zero-order valence-corrected chi connectivity index (χ0v) is 10.7. The number of halogens is 1. The van der Waals surface area contributed by atoms with E-state index in [9.17, 15) is 4.39 Å². The third-order valence-electron chi connectivity index (χ3n) is 3.43. The van der Waals surface area contributed by atoms with Crippen LogP contribution in [0.5, 0.6) is 0 Å². The molecule has 0 aromatic heterocycles. The Hall–Kier alpha value is -0.850. The second-order valence-electron chi connectivity index (χ2n) is 5.29. The van der Waals surface area contributed by atoms with Gasteiger partial charge in [0.1, 0.15) is 6.17 Å². The molecule has 0 nitrogen and oxygen atoms in total. The first-order valence-corrected chi connectivity index (χ1v) is 6.24. The largest absolute Gasteiger partial charge is 0.242 e. The molecule has 0 saturated carbocycles. The Kier molecular flexibility index (Phi) is 4.98. The van der Waals surface area contributed by atoms with E-state index >= 15 is 0 Å². The molecule has 0 aliphatic carbocycles.